The molecule has 0 saturated heterocycles. The summed E-state index contributed by atoms with van der Waals surface area (Å²) >= 11 is 54.4. The summed E-state index contributed by atoms with van der Waals surface area (Å²) in [4.78, 5) is 162. The van der Waals surface area contributed by atoms with Gasteiger partial charge in [-0.05, 0) is 99.7 Å². The maximum Gasteiger partial charge on any atom is 0.261 e. The highest BCUT2D eigenvalue weighted by atomic mass is 35.5. The molecule has 12 amide bonds. The number of amides is 12. The minimum atomic E-state index is -0.498. The van der Waals surface area contributed by atoms with Gasteiger partial charge >= 0.3 is 0 Å². The third kappa shape index (κ3) is 7.60. The molecule has 0 fully saturated rings. The van der Waals surface area contributed by atoms with E-state index in [1.54, 1.807) is 72.8 Å². The van der Waals surface area contributed by atoms with Gasteiger partial charge in [-0.1, -0.05) is 117 Å². The SMILES string of the molecule is CN1C(=O)c2cc(Cl)c3c4c(Cl)cc5c6c(cc(Cl)c(c7c(Cl)cc(c2c37)C1=O)c64)C(=O)N(C)C5=O.CN1C(=O)c2ccc3c4c(Cl)cc5c6c(cc(Cl)c(c7ccc(c2c37)C1=O)c64)C(=O)N(C)C5=O.CN1C(=O)c2ccc3c4c(Cl)cc5c6c(ccc(c7c(Cl)cc(c2c37)C1=O)c64)C(=O)N(C)C5=O. The summed E-state index contributed by atoms with van der Waals surface area (Å²) in [5.41, 5.74) is 4.03. The molecule has 504 valence electrons. The molecule has 0 aromatic heterocycles. The molecule has 21 rings (SSSR count). The Kier molecular flexibility index (Phi) is 13.0. The number of imide groups is 6. The monoisotopic (exact) mass is 1530 g/mol. The smallest absolute Gasteiger partial charge is 0.261 e. The minimum absolute atomic E-state index is 0.207. The number of fused-ring (bicyclic) bond motifs is 6. The van der Waals surface area contributed by atoms with Gasteiger partial charge in [0.05, 0.1) is 44.5 Å². The van der Waals surface area contributed by atoms with Gasteiger partial charge in [0.25, 0.3) is 70.9 Å². The highest BCUT2D eigenvalue weighted by Crippen LogP contribution is 2.56. The number of carbonyl (C=O) groups is 12. The average molecular weight is 1530 g/mol. The van der Waals surface area contributed by atoms with E-state index in [4.69, 9.17) is 92.8 Å². The van der Waals surface area contributed by atoms with Gasteiger partial charge in [0.2, 0.25) is 0 Å². The van der Waals surface area contributed by atoms with E-state index in [-0.39, 0.29) is 54.2 Å². The molecule has 0 bridgehead atoms. The first-order valence-electron chi connectivity index (χ1n) is 31.6. The Labute approximate surface area is 621 Å². The average Bonchev–Trinajstić information content (AvgIpc) is 0.672. The molecule has 6 aliphatic heterocycles. The Morgan fingerprint density at radius 2 is 0.308 bits per heavy atom. The number of hydrogen-bond donors (Lipinski definition) is 0. The Bertz CT molecular complexity index is 6580. The van der Waals surface area contributed by atoms with Crippen molar-refractivity contribution < 1.29 is 57.5 Å². The number of hydrogen-bond acceptors (Lipinski definition) is 12. The van der Waals surface area contributed by atoms with Crippen molar-refractivity contribution in [1.29, 1.82) is 0 Å². The van der Waals surface area contributed by atoms with Crippen LogP contribution in [0.5, 0.6) is 0 Å². The summed E-state index contributed by atoms with van der Waals surface area (Å²) in [6.45, 7) is 0. The van der Waals surface area contributed by atoms with Crippen LogP contribution in [0.3, 0.4) is 0 Å². The highest BCUT2D eigenvalue weighted by molar-refractivity contribution is 6.58. The van der Waals surface area contributed by atoms with Gasteiger partial charge in [-0.3, -0.25) is 86.9 Å². The van der Waals surface area contributed by atoms with Crippen LogP contribution >= 0.6 is 92.8 Å². The van der Waals surface area contributed by atoms with Crippen LogP contribution in [-0.4, -0.2) is 143 Å². The molecule has 18 nitrogen and oxygen atoms in total. The van der Waals surface area contributed by atoms with E-state index in [0.29, 0.717) is 183 Å². The fourth-order valence-electron chi connectivity index (χ4n) is 16.9. The van der Waals surface area contributed by atoms with E-state index in [9.17, 15) is 57.5 Å². The van der Waals surface area contributed by atoms with Gasteiger partial charge in [-0.2, -0.15) is 0 Å². The minimum Gasteiger partial charge on any atom is -0.277 e. The molecule has 15 aromatic rings. The van der Waals surface area contributed by atoms with Gasteiger partial charge in [0.15, 0.2) is 0 Å². The molecule has 0 atom stereocenters. The number of halogens is 8. The van der Waals surface area contributed by atoms with Crippen molar-refractivity contribution in [3.8, 4) is 0 Å². The van der Waals surface area contributed by atoms with Crippen LogP contribution in [0.15, 0.2) is 97.1 Å². The summed E-state index contributed by atoms with van der Waals surface area (Å²) < 4.78 is 0. The zero-order valence-electron chi connectivity index (χ0n) is 53.8. The second kappa shape index (κ2) is 21.1. The molecule has 0 saturated carbocycles. The van der Waals surface area contributed by atoms with Gasteiger partial charge in [-0.25, -0.2) is 0 Å². The maximum absolute atomic E-state index is 13.1. The quantitative estimate of drug-likeness (QED) is 0.0785. The Morgan fingerprint density at radius 3 is 0.519 bits per heavy atom. The standard InChI is InChI=1S/C26H10Cl4N2O4.2C26H12Cl2N2O4/c1-31-23(33)7-3-11(27)17-19-13(29)5-9-16-10(26(36)32(2)25(9)35)6-14(30)20(22(16)19)18-12(28)4-8(24(31)34)15(7)21(17)18;1-29-23(31)11-5-3-9-20-16(28)8-14-18-12(24(32)30(2)26(14)34)6-4-10(22(18)20)19-15(27)7-13(25(29)33)17(11)21(9)19;1-29-23(31)11-5-3-9-17-10(4-6-12(18(11)17)24(29)32)21-16(28)8-14-19-13(25(33)30(2)26(14)34)7-15(27)20(9)22(19)21/h3-6H,1-2H3;2*3-8H,1-2H3. The van der Waals surface area contributed by atoms with Crippen molar-refractivity contribution in [2.45, 2.75) is 0 Å². The number of carbonyl (C=O) groups excluding carboxylic acids is 12. The number of rotatable bonds is 0. The lowest BCUT2D eigenvalue weighted by molar-refractivity contribution is 0.0635. The highest BCUT2D eigenvalue weighted by Gasteiger charge is 2.42. The van der Waals surface area contributed by atoms with Crippen LogP contribution in [0, 0.1) is 0 Å². The summed E-state index contributed by atoms with van der Waals surface area (Å²) in [5.74, 6) is -5.26. The van der Waals surface area contributed by atoms with E-state index < -0.39 is 59.1 Å². The Balaban J connectivity index is 0.000000107. The maximum atomic E-state index is 13.1. The molecule has 0 N–H and O–H groups in total. The molecular formula is C78H34Cl8N6O12. The lowest BCUT2D eigenvalue weighted by Crippen LogP contribution is -2.37. The fraction of sp³-hybridized carbons (Fsp3) is 0.0769. The number of benzene rings is 15. The third-order valence-corrected chi connectivity index (χ3v) is 23.9. The molecular weight excluding hydrogens is 1500 g/mol. The largest absolute Gasteiger partial charge is 0.277 e. The van der Waals surface area contributed by atoms with Crippen molar-refractivity contribution in [3.63, 3.8) is 0 Å². The van der Waals surface area contributed by atoms with Crippen LogP contribution in [0.25, 0.3) is 129 Å². The lowest BCUT2D eigenvalue weighted by atomic mass is 9.82. The van der Waals surface area contributed by atoms with Crippen LogP contribution in [0.4, 0.5) is 0 Å². The Morgan fingerprint density at radius 1 is 0.163 bits per heavy atom. The third-order valence-electron chi connectivity index (χ3n) is 21.6. The molecule has 0 spiro atoms. The van der Waals surface area contributed by atoms with E-state index in [1.807, 2.05) is 0 Å². The zero-order chi connectivity index (χ0) is 73.1. The molecule has 104 heavy (non-hydrogen) atoms. The fourth-order valence-corrected chi connectivity index (χ4v) is 19.3. The Hall–Kier alpha value is -10.6. The molecule has 26 heteroatoms. The summed E-state index contributed by atoms with van der Waals surface area (Å²) in [7, 11) is 8.57. The summed E-state index contributed by atoms with van der Waals surface area (Å²) in [5, 5.41) is 15.9. The van der Waals surface area contributed by atoms with Crippen LogP contribution in [0.2, 0.25) is 40.2 Å². The van der Waals surface area contributed by atoms with Gasteiger partial charge in [0, 0.05) is 207 Å². The van der Waals surface area contributed by atoms with Gasteiger partial charge in [0.1, 0.15) is 0 Å². The number of nitrogens with zero attached hydrogens (tertiary/aromatic N) is 6. The molecule has 15 aromatic carbocycles. The summed E-state index contributed by atoms with van der Waals surface area (Å²) in [6.07, 6.45) is 0. The molecule has 0 radical (unpaired) electrons. The van der Waals surface area contributed by atoms with Crippen molar-refractivity contribution in [2.24, 2.45) is 0 Å². The first kappa shape index (κ1) is 64.2. The van der Waals surface area contributed by atoms with Crippen LogP contribution < -0.4 is 0 Å². The van der Waals surface area contributed by atoms with Crippen molar-refractivity contribution >= 4 is 293 Å². The van der Waals surface area contributed by atoms with Crippen molar-refractivity contribution in [1.82, 2.24) is 29.4 Å². The van der Waals surface area contributed by atoms with E-state index in [1.165, 1.54) is 66.6 Å². The molecule has 6 aliphatic rings. The van der Waals surface area contributed by atoms with Crippen LogP contribution in [-0.2, 0) is 0 Å². The van der Waals surface area contributed by atoms with E-state index >= 15 is 0 Å². The van der Waals surface area contributed by atoms with Gasteiger partial charge in [-0.15, -0.1) is 0 Å². The van der Waals surface area contributed by atoms with Crippen molar-refractivity contribution in [3.05, 3.63) is 204 Å². The second-order valence-corrected chi connectivity index (χ2v) is 29.7. The molecule has 6 heterocycles. The van der Waals surface area contributed by atoms with E-state index in [2.05, 4.69) is 0 Å². The van der Waals surface area contributed by atoms with E-state index in [0.717, 1.165) is 40.2 Å². The molecule has 0 aliphatic carbocycles. The zero-order valence-corrected chi connectivity index (χ0v) is 59.9. The predicted octanol–water partition coefficient (Wildman–Crippen LogP) is 17.8. The predicted molar refractivity (Wildman–Crippen MR) is 402 cm³/mol. The first-order chi connectivity index (χ1) is 49.5. The molecule has 0 unspecified atom stereocenters. The van der Waals surface area contributed by atoms with Gasteiger partial charge < -0.3 is 0 Å². The second-order valence-electron chi connectivity index (χ2n) is 26.4. The van der Waals surface area contributed by atoms with Crippen molar-refractivity contribution in [2.75, 3.05) is 42.3 Å². The normalized spacial score (nSPS) is 15.7. The first-order valence-corrected chi connectivity index (χ1v) is 34.6. The lowest BCUT2D eigenvalue weighted by Gasteiger charge is -2.29. The van der Waals surface area contributed by atoms with Crippen LogP contribution in [0.1, 0.15) is 124 Å². The topological polar surface area (TPSA) is 224 Å². The summed E-state index contributed by atoms with van der Waals surface area (Å²) in [6, 6.07) is 26.3.